The topological polar surface area (TPSA) is 117 Å². The highest BCUT2D eigenvalue weighted by atomic mass is 32.1. The van der Waals surface area contributed by atoms with E-state index in [2.05, 4.69) is 10.3 Å². The van der Waals surface area contributed by atoms with Crippen molar-refractivity contribution in [3.63, 3.8) is 0 Å². The van der Waals surface area contributed by atoms with Crippen LogP contribution < -0.4 is 16.8 Å². The Labute approximate surface area is 102 Å². The van der Waals surface area contributed by atoms with Crippen molar-refractivity contribution in [2.45, 2.75) is 6.10 Å². The lowest BCUT2D eigenvalue weighted by molar-refractivity contribution is 0.105. The number of nitrogens with two attached hydrogens (primary N) is 2. The van der Waals surface area contributed by atoms with Crippen LogP contribution in [0.25, 0.3) is 10.2 Å². The van der Waals surface area contributed by atoms with E-state index < -0.39 is 6.10 Å². The minimum atomic E-state index is -0.809. The molecule has 1 heterocycles. The number of nitrogens with zero attached hydrogens (tertiary/aromatic N) is 1. The number of rotatable bonds is 4. The average molecular weight is 254 g/mol. The molecule has 0 saturated carbocycles. The van der Waals surface area contributed by atoms with E-state index in [1.165, 1.54) is 11.3 Å². The summed E-state index contributed by atoms with van der Waals surface area (Å²) in [6.07, 6.45) is -0.809. The summed E-state index contributed by atoms with van der Waals surface area (Å²) in [5.74, 6) is 0. The van der Waals surface area contributed by atoms with Gasteiger partial charge in [0, 0.05) is 6.54 Å². The summed E-state index contributed by atoms with van der Waals surface area (Å²) in [4.78, 5) is 4.29. The Morgan fingerprint density at radius 3 is 2.71 bits per heavy atom. The van der Waals surface area contributed by atoms with E-state index in [-0.39, 0.29) is 13.2 Å². The van der Waals surface area contributed by atoms with Gasteiger partial charge in [0.15, 0.2) is 5.13 Å². The number of aromatic nitrogens is 1. The number of thiazole rings is 1. The van der Waals surface area contributed by atoms with Crippen molar-refractivity contribution in [2.75, 3.05) is 29.9 Å². The fourth-order valence-corrected chi connectivity index (χ4v) is 2.32. The zero-order valence-corrected chi connectivity index (χ0v) is 9.87. The zero-order chi connectivity index (χ0) is 12.4. The predicted octanol–water partition coefficient (Wildman–Crippen LogP) is 0.226. The summed E-state index contributed by atoms with van der Waals surface area (Å²) in [7, 11) is 0. The summed E-state index contributed by atoms with van der Waals surface area (Å²) in [5, 5.41) is 21.5. The van der Waals surface area contributed by atoms with Crippen LogP contribution in [-0.4, -0.2) is 34.5 Å². The third-order valence-electron chi connectivity index (χ3n) is 2.30. The third-order valence-corrected chi connectivity index (χ3v) is 3.37. The number of hydrogen-bond acceptors (Lipinski definition) is 7. The van der Waals surface area contributed by atoms with Gasteiger partial charge in [-0.1, -0.05) is 11.3 Å². The molecule has 0 spiro atoms. The molecule has 2 rings (SSSR count). The Hall–Kier alpha value is -1.57. The van der Waals surface area contributed by atoms with E-state index in [4.69, 9.17) is 16.6 Å². The van der Waals surface area contributed by atoms with Crippen LogP contribution in [0.3, 0.4) is 0 Å². The molecular weight excluding hydrogens is 240 g/mol. The van der Waals surface area contributed by atoms with E-state index in [9.17, 15) is 5.11 Å². The van der Waals surface area contributed by atoms with Gasteiger partial charge in [-0.15, -0.1) is 0 Å². The van der Waals surface area contributed by atoms with Crippen molar-refractivity contribution in [2.24, 2.45) is 0 Å². The van der Waals surface area contributed by atoms with Crippen LogP contribution in [0.4, 0.5) is 16.5 Å². The highest BCUT2D eigenvalue weighted by Crippen LogP contribution is 2.33. The average Bonchev–Trinajstić information content (AvgIpc) is 2.76. The van der Waals surface area contributed by atoms with Crippen molar-refractivity contribution >= 4 is 38.1 Å². The molecule has 0 aliphatic heterocycles. The molecule has 1 unspecified atom stereocenters. The number of nitrogens with one attached hydrogen (secondary N) is 1. The van der Waals surface area contributed by atoms with E-state index in [0.29, 0.717) is 22.0 Å². The SMILES string of the molecule is Nc1ccc(N)c2sc(NCC(O)CO)nc12. The monoisotopic (exact) mass is 254 g/mol. The second-order valence-electron chi connectivity index (χ2n) is 3.66. The Balaban J connectivity index is 2.26. The molecule has 0 saturated heterocycles. The molecule has 0 fully saturated rings. The molecular formula is C10H14N4O2S. The smallest absolute Gasteiger partial charge is 0.184 e. The van der Waals surface area contributed by atoms with E-state index >= 15 is 0 Å². The molecule has 6 nitrogen and oxygen atoms in total. The number of aliphatic hydroxyl groups excluding tert-OH is 2. The van der Waals surface area contributed by atoms with Crippen LogP contribution in [0.5, 0.6) is 0 Å². The largest absolute Gasteiger partial charge is 0.398 e. The van der Waals surface area contributed by atoms with Gasteiger partial charge in [0.2, 0.25) is 0 Å². The molecule has 17 heavy (non-hydrogen) atoms. The van der Waals surface area contributed by atoms with E-state index in [1.54, 1.807) is 12.1 Å². The van der Waals surface area contributed by atoms with Gasteiger partial charge in [-0.3, -0.25) is 0 Å². The highest BCUT2D eigenvalue weighted by molar-refractivity contribution is 7.22. The second kappa shape index (κ2) is 4.74. The summed E-state index contributed by atoms with van der Waals surface area (Å²) >= 11 is 1.37. The fourth-order valence-electron chi connectivity index (χ4n) is 1.39. The molecule has 1 aromatic carbocycles. The quantitative estimate of drug-likeness (QED) is 0.498. The number of benzene rings is 1. The first kappa shape index (κ1) is 11.9. The Bertz CT molecular complexity index is 489. The molecule has 0 radical (unpaired) electrons. The summed E-state index contributed by atoms with van der Waals surface area (Å²) < 4.78 is 0.825. The Morgan fingerprint density at radius 1 is 1.35 bits per heavy atom. The number of aliphatic hydroxyl groups is 2. The first-order valence-corrected chi connectivity index (χ1v) is 5.90. The molecule has 0 bridgehead atoms. The Kier molecular flexibility index (Phi) is 3.32. The molecule has 7 N–H and O–H groups in total. The molecule has 92 valence electrons. The predicted molar refractivity (Wildman–Crippen MR) is 70.0 cm³/mol. The van der Waals surface area contributed by atoms with E-state index in [1.807, 2.05) is 0 Å². The fraction of sp³-hybridized carbons (Fsp3) is 0.300. The lowest BCUT2D eigenvalue weighted by Gasteiger charge is -2.06. The molecule has 1 aromatic heterocycles. The van der Waals surface area contributed by atoms with E-state index in [0.717, 1.165) is 4.70 Å². The van der Waals surface area contributed by atoms with Crippen LogP contribution in [0.1, 0.15) is 0 Å². The van der Waals surface area contributed by atoms with Gasteiger partial charge in [-0.2, -0.15) is 0 Å². The van der Waals surface area contributed by atoms with Gasteiger partial charge >= 0.3 is 0 Å². The zero-order valence-electron chi connectivity index (χ0n) is 9.05. The lowest BCUT2D eigenvalue weighted by Crippen LogP contribution is -2.22. The van der Waals surface area contributed by atoms with Gasteiger partial charge < -0.3 is 27.0 Å². The molecule has 7 heteroatoms. The summed E-state index contributed by atoms with van der Waals surface area (Å²) in [5.41, 5.74) is 13.5. The van der Waals surface area contributed by atoms with Crippen LogP contribution in [0, 0.1) is 0 Å². The first-order chi connectivity index (χ1) is 8.11. The van der Waals surface area contributed by atoms with Crippen LogP contribution in [-0.2, 0) is 0 Å². The molecule has 2 aromatic rings. The maximum Gasteiger partial charge on any atom is 0.184 e. The number of nitrogen functional groups attached to an aromatic ring is 2. The first-order valence-electron chi connectivity index (χ1n) is 5.09. The molecule has 0 aliphatic carbocycles. The van der Waals surface area contributed by atoms with Crippen LogP contribution >= 0.6 is 11.3 Å². The standard InChI is InChI=1S/C10H14N4O2S/c11-6-1-2-7(12)9-8(6)14-10(17-9)13-3-5(16)4-15/h1-2,5,15-16H,3-4,11-12H2,(H,13,14). The number of fused-ring (bicyclic) bond motifs is 1. The van der Waals surface area contributed by atoms with Crippen molar-refractivity contribution in [3.05, 3.63) is 12.1 Å². The highest BCUT2D eigenvalue weighted by Gasteiger charge is 2.10. The lowest BCUT2D eigenvalue weighted by atomic mass is 10.2. The minimum absolute atomic E-state index is 0.232. The van der Waals surface area contributed by atoms with Gasteiger partial charge in [0.25, 0.3) is 0 Å². The van der Waals surface area contributed by atoms with Crippen molar-refractivity contribution in [3.8, 4) is 0 Å². The normalized spacial score (nSPS) is 12.8. The molecule has 0 amide bonds. The maximum atomic E-state index is 9.22. The third kappa shape index (κ3) is 2.41. The van der Waals surface area contributed by atoms with Crippen molar-refractivity contribution in [1.82, 2.24) is 4.98 Å². The van der Waals surface area contributed by atoms with Crippen LogP contribution in [0.2, 0.25) is 0 Å². The molecule has 1 atom stereocenters. The summed E-state index contributed by atoms with van der Waals surface area (Å²) in [6.45, 7) is -0.0572. The van der Waals surface area contributed by atoms with Gasteiger partial charge in [-0.05, 0) is 12.1 Å². The number of anilines is 3. The van der Waals surface area contributed by atoms with Gasteiger partial charge in [0.1, 0.15) is 5.52 Å². The number of hydrogen-bond donors (Lipinski definition) is 5. The molecule has 0 aliphatic rings. The van der Waals surface area contributed by atoms with Gasteiger partial charge in [-0.25, -0.2) is 4.98 Å². The minimum Gasteiger partial charge on any atom is -0.398 e. The maximum absolute atomic E-state index is 9.22. The second-order valence-corrected chi connectivity index (χ2v) is 4.66. The van der Waals surface area contributed by atoms with Crippen molar-refractivity contribution in [1.29, 1.82) is 0 Å². The van der Waals surface area contributed by atoms with Crippen LogP contribution in [0.15, 0.2) is 12.1 Å². The van der Waals surface area contributed by atoms with Crippen molar-refractivity contribution < 1.29 is 10.2 Å². The summed E-state index contributed by atoms with van der Waals surface area (Å²) in [6, 6.07) is 3.45. The van der Waals surface area contributed by atoms with Gasteiger partial charge in [0.05, 0.1) is 28.8 Å². The Morgan fingerprint density at radius 2 is 2.06 bits per heavy atom.